The van der Waals surface area contributed by atoms with Crippen molar-refractivity contribution < 1.29 is 72.1 Å². The summed E-state index contributed by atoms with van der Waals surface area (Å²) in [6, 6.07) is -11.4. The van der Waals surface area contributed by atoms with Crippen molar-refractivity contribution in [3.8, 4) is 0 Å². The van der Waals surface area contributed by atoms with E-state index >= 15 is 14.4 Å². The van der Waals surface area contributed by atoms with Gasteiger partial charge in [-0.2, -0.15) is 0 Å². The molecule has 1 fully saturated rings. The third-order valence-corrected chi connectivity index (χ3v) is 18.9. The van der Waals surface area contributed by atoms with Crippen molar-refractivity contribution in [3.05, 3.63) is 12.2 Å². The van der Waals surface area contributed by atoms with E-state index in [1.165, 1.54) is 68.7 Å². The highest BCUT2D eigenvalue weighted by Crippen LogP contribution is 2.39. The van der Waals surface area contributed by atoms with Crippen LogP contribution in [0.25, 0.3) is 0 Å². The van der Waals surface area contributed by atoms with E-state index in [9.17, 15) is 48.3 Å². The Morgan fingerprint density at radius 3 is 1.49 bits per heavy atom. The second-order valence-electron chi connectivity index (χ2n) is 28.9. The number of aliphatic carboxylic acids is 1. The second kappa shape index (κ2) is 41.7. The number of likely N-dealkylation sites (N-methyl/N-ethyl adjacent to an activating group) is 6. The van der Waals surface area contributed by atoms with Gasteiger partial charge in [0.2, 0.25) is 53.2 Å². The maximum absolute atomic E-state index is 15.1. The molecule has 25 nitrogen and oxygen atoms in total. The molecule has 1 saturated carbocycles. The Hall–Kier alpha value is -6.50. The molecule has 1 aliphatic rings. The number of hydrogen-bond donors (Lipinski definition) is 6. The monoisotopic (exact) mass is 1360 g/mol. The number of ether oxygens (including phenoxy) is 2. The zero-order valence-electron chi connectivity index (χ0n) is 63.0. The van der Waals surface area contributed by atoms with Crippen LogP contribution in [0.4, 0.5) is 0 Å². The Balaban J connectivity index is 3.61. The van der Waals surface area contributed by atoms with Gasteiger partial charge in [0, 0.05) is 67.7 Å². The smallest absolute Gasteiger partial charge is 0.326 e. The summed E-state index contributed by atoms with van der Waals surface area (Å²) in [5, 5.41) is 24.0. The van der Waals surface area contributed by atoms with Gasteiger partial charge in [0.25, 0.3) is 0 Å². The molecule has 550 valence electrons. The molecule has 0 bridgehead atoms. The van der Waals surface area contributed by atoms with Gasteiger partial charge in [-0.15, -0.1) is 0 Å². The summed E-state index contributed by atoms with van der Waals surface area (Å²) in [5.74, 6) is -10.8. The minimum absolute atomic E-state index is 0.00416. The Kier molecular flexibility index (Phi) is 38.0. The molecule has 6 N–H and O–H groups in total. The summed E-state index contributed by atoms with van der Waals surface area (Å²) < 4.78 is 11.3. The van der Waals surface area contributed by atoms with E-state index in [-0.39, 0.29) is 85.5 Å². The molecule has 0 aromatic rings. The Labute approximate surface area is 574 Å². The first-order valence-electron chi connectivity index (χ1n) is 34.9. The SMILES string of the molecule is CC=CCC(C)C(OC(C)=O)C(C(=O)NC(CC)C(=O)O)N(C)C(=O)C(C(C)C)N(C)C(=O)C(CC(C)C)N(C)C(=O)C(CC(C)C)N(C)C(=O)C(C)NC(=O)C(C)NC(=O)C(CC(C)C)N(C)C(=O)C(NC(=O)C(CC1CCCC1C(=O)C(CC)NC)C(C)COC)C(C)C. The van der Waals surface area contributed by atoms with Crippen LogP contribution in [0.15, 0.2) is 12.2 Å². The average molecular weight is 1360 g/mol. The zero-order chi connectivity index (χ0) is 74.1. The number of esters is 1. The van der Waals surface area contributed by atoms with Gasteiger partial charge >= 0.3 is 11.9 Å². The number of nitrogens with zero attached hydrogens (tertiary/aromatic N) is 5. The largest absolute Gasteiger partial charge is 0.480 e. The number of rotatable bonds is 42. The number of hydrogen-bond acceptors (Lipinski definition) is 15. The number of Topliss-reactive ketones (excluding diaryl/α,β-unsaturated/α-hetero) is 1. The Morgan fingerprint density at radius 2 is 1.03 bits per heavy atom. The van der Waals surface area contributed by atoms with Crippen LogP contribution in [-0.2, 0) is 67.0 Å². The molecule has 1 aliphatic carbocycles. The third-order valence-electron chi connectivity index (χ3n) is 18.9. The van der Waals surface area contributed by atoms with Crippen molar-refractivity contribution in [3.63, 3.8) is 0 Å². The zero-order valence-corrected chi connectivity index (χ0v) is 63.0. The summed E-state index contributed by atoms with van der Waals surface area (Å²) in [6.07, 6.45) is 6.60. The van der Waals surface area contributed by atoms with Crippen LogP contribution >= 0.6 is 0 Å². The topological polar surface area (TPSA) is 320 Å². The molecule has 16 unspecified atom stereocenters. The lowest BCUT2D eigenvalue weighted by atomic mass is 9.78. The van der Waals surface area contributed by atoms with Gasteiger partial charge < -0.3 is 65.7 Å². The fraction of sp³-hybridized carbons (Fsp3) is 0.803. The number of methoxy groups -OCH3 is 1. The lowest BCUT2D eigenvalue weighted by molar-refractivity contribution is -0.164. The van der Waals surface area contributed by atoms with Gasteiger partial charge in [-0.1, -0.05) is 116 Å². The summed E-state index contributed by atoms with van der Waals surface area (Å²) >= 11 is 0. The first kappa shape index (κ1) is 87.5. The molecular weight excluding hydrogens is 1230 g/mol. The van der Waals surface area contributed by atoms with Crippen molar-refractivity contribution in [1.82, 2.24) is 51.1 Å². The first-order valence-corrected chi connectivity index (χ1v) is 34.9. The normalized spacial score (nSPS) is 18.5. The van der Waals surface area contributed by atoms with Gasteiger partial charge in [-0.25, -0.2) is 4.79 Å². The van der Waals surface area contributed by atoms with Gasteiger partial charge in [-0.3, -0.25) is 52.7 Å². The number of carboxylic acids is 1. The van der Waals surface area contributed by atoms with E-state index in [4.69, 9.17) is 9.47 Å². The van der Waals surface area contributed by atoms with E-state index in [2.05, 4.69) is 26.6 Å². The molecule has 0 heterocycles. The summed E-state index contributed by atoms with van der Waals surface area (Å²) in [4.78, 5) is 176. The minimum atomic E-state index is -1.55. The Bertz CT molecular complexity index is 2610. The number of carboxylic acid groups (broad SMARTS) is 1. The molecule has 16 atom stereocenters. The number of carbonyl (C=O) groups excluding carboxylic acids is 11. The summed E-state index contributed by atoms with van der Waals surface area (Å²) in [6.45, 7) is 31.5. The van der Waals surface area contributed by atoms with Crippen molar-refractivity contribution in [2.45, 2.75) is 255 Å². The van der Waals surface area contributed by atoms with Crippen LogP contribution < -0.4 is 26.6 Å². The van der Waals surface area contributed by atoms with Gasteiger partial charge in [-0.05, 0) is 133 Å². The molecule has 96 heavy (non-hydrogen) atoms. The lowest BCUT2D eigenvalue weighted by Gasteiger charge is -2.42. The van der Waals surface area contributed by atoms with E-state index in [1.54, 1.807) is 74.8 Å². The van der Waals surface area contributed by atoms with Crippen molar-refractivity contribution in [2.24, 2.45) is 59.2 Å². The molecule has 0 aromatic heterocycles. The number of carbonyl (C=O) groups is 12. The number of ketones is 1. The van der Waals surface area contributed by atoms with Crippen molar-refractivity contribution in [2.75, 3.05) is 56.0 Å². The minimum Gasteiger partial charge on any atom is -0.480 e. The maximum Gasteiger partial charge on any atom is 0.326 e. The molecule has 0 aromatic carbocycles. The third kappa shape index (κ3) is 25.4. The lowest BCUT2D eigenvalue weighted by Crippen LogP contribution is -2.63. The van der Waals surface area contributed by atoms with Crippen LogP contribution in [0.2, 0.25) is 0 Å². The Morgan fingerprint density at radius 1 is 0.542 bits per heavy atom. The van der Waals surface area contributed by atoms with Crippen LogP contribution in [0, 0.1) is 59.2 Å². The summed E-state index contributed by atoms with van der Waals surface area (Å²) in [5.41, 5.74) is 0. The van der Waals surface area contributed by atoms with E-state index in [0.29, 0.717) is 19.3 Å². The van der Waals surface area contributed by atoms with Crippen molar-refractivity contribution in [1.29, 1.82) is 0 Å². The molecule has 0 aliphatic heterocycles. The number of allylic oxidation sites excluding steroid dienone is 2. The highest BCUT2D eigenvalue weighted by atomic mass is 16.5. The summed E-state index contributed by atoms with van der Waals surface area (Å²) in [7, 11) is 10.5. The predicted octanol–water partition coefficient (Wildman–Crippen LogP) is 5.85. The van der Waals surface area contributed by atoms with Crippen LogP contribution in [0.3, 0.4) is 0 Å². The predicted molar refractivity (Wildman–Crippen MR) is 370 cm³/mol. The first-order chi connectivity index (χ1) is 44.6. The van der Waals surface area contributed by atoms with Gasteiger partial charge in [0.05, 0.1) is 6.04 Å². The molecule has 0 spiro atoms. The molecule has 0 saturated heterocycles. The average Bonchev–Trinajstić information content (AvgIpc) is 0.842. The van der Waals surface area contributed by atoms with Crippen LogP contribution in [0.5, 0.6) is 0 Å². The molecule has 25 heteroatoms. The fourth-order valence-electron chi connectivity index (χ4n) is 13.1. The van der Waals surface area contributed by atoms with E-state index in [0.717, 1.165) is 31.1 Å². The highest BCUT2D eigenvalue weighted by molar-refractivity contribution is 5.98. The molecular formula is C71H126N10O15. The van der Waals surface area contributed by atoms with Gasteiger partial charge in [0.1, 0.15) is 60.5 Å². The highest BCUT2D eigenvalue weighted by Gasteiger charge is 2.47. The molecule has 1 rings (SSSR count). The van der Waals surface area contributed by atoms with Gasteiger partial charge in [0.15, 0.2) is 5.78 Å². The second-order valence-corrected chi connectivity index (χ2v) is 28.9. The van der Waals surface area contributed by atoms with Crippen LogP contribution in [-0.4, -0.2) is 223 Å². The fourth-order valence-corrected chi connectivity index (χ4v) is 13.1. The molecule has 9 amide bonds. The van der Waals surface area contributed by atoms with E-state index < -0.39 is 143 Å². The van der Waals surface area contributed by atoms with Crippen LogP contribution in [0.1, 0.15) is 189 Å². The standard InChI is InChI=1S/C71H126N10O15/c1-26-29-31-44(14)61(96-48(18)82)59(65(87)75-53(28-3)71(93)94)81(24)70(92)58(43(12)13)80(23)68(90)56(36-41(8)9)79(22)67(89)55(35-40(6)7)78(21)66(88)47(17)74-62(84)46(16)73-64(86)54(34-39(4)5)77(20)69(91)57(42(10)11)76-63(85)51(45(15)38-95-25)37-49-32-30-33-50(49)60(83)52(27-2)72-19/h26,29,39-47,49-59,61,72H,27-28,30-38H2,1-25H3,(H,73,86)(H,74,84)(H,75,87)(H,76,85)(H,93,94). The number of nitrogens with one attached hydrogen (secondary N) is 5. The quantitative estimate of drug-likeness (QED) is 0.0308. The van der Waals surface area contributed by atoms with Crippen molar-refractivity contribution >= 4 is 70.9 Å². The molecule has 0 radical (unpaired) electrons. The van der Waals surface area contributed by atoms with E-state index in [1.807, 2.05) is 55.4 Å². The number of amides is 9. The maximum atomic E-state index is 15.1.